The van der Waals surface area contributed by atoms with Crippen LogP contribution in [0, 0.1) is 11.3 Å². The fourth-order valence-corrected chi connectivity index (χ4v) is 7.65. The molecule has 0 N–H and O–H groups in total. The Morgan fingerprint density at radius 1 is 0.415 bits per heavy atom. The molecule has 8 aromatic carbocycles. The van der Waals surface area contributed by atoms with Gasteiger partial charge in [-0.3, -0.25) is 0 Å². The molecule has 0 bridgehead atoms. The van der Waals surface area contributed by atoms with Crippen LogP contribution in [0.4, 0.5) is 17.1 Å². The highest BCUT2D eigenvalue weighted by Crippen LogP contribution is 2.40. The molecule has 10 rings (SSSR count). The Morgan fingerprint density at radius 3 is 1.68 bits per heavy atom. The molecule has 0 spiro atoms. The van der Waals surface area contributed by atoms with E-state index in [4.69, 9.17) is 4.42 Å². The molecular weight excluding hydrogens is 647 g/mol. The number of para-hydroxylation sites is 3. The fourth-order valence-electron chi connectivity index (χ4n) is 7.65. The number of hydrogen-bond acceptors (Lipinski definition) is 3. The molecule has 4 nitrogen and oxygen atoms in total. The first-order valence-corrected chi connectivity index (χ1v) is 17.7. The maximum absolute atomic E-state index is 9.26. The van der Waals surface area contributed by atoms with E-state index in [1.807, 2.05) is 42.5 Å². The highest BCUT2D eigenvalue weighted by molar-refractivity contribution is 6.10. The molecule has 2 heterocycles. The average Bonchev–Trinajstić information content (AvgIpc) is 3.77. The van der Waals surface area contributed by atoms with Crippen molar-refractivity contribution in [2.45, 2.75) is 0 Å². The van der Waals surface area contributed by atoms with Crippen LogP contribution < -0.4 is 4.90 Å². The second-order valence-corrected chi connectivity index (χ2v) is 13.3. The summed E-state index contributed by atoms with van der Waals surface area (Å²) in [5, 5.41) is 13.9. The van der Waals surface area contributed by atoms with Crippen LogP contribution in [0.25, 0.3) is 71.7 Å². The number of benzene rings is 8. The molecule has 0 unspecified atom stereocenters. The van der Waals surface area contributed by atoms with E-state index in [9.17, 15) is 5.26 Å². The largest absolute Gasteiger partial charge is 0.456 e. The summed E-state index contributed by atoms with van der Waals surface area (Å²) >= 11 is 0. The zero-order valence-corrected chi connectivity index (χ0v) is 28.6. The van der Waals surface area contributed by atoms with Crippen molar-refractivity contribution >= 4 is 60.8 Å². The van der Waals surface area contributed by atoms with E-state index in [0.717, 1.165) is 61.4 Å². The summed E-state index contributed by atoms with van der Waals surface area (Å²) in [6.07, 6.45) is 0. The minimum Gasteiger partial charge on any atom is -0.456 e. The molecule has 0 aliphatic carbocycles. The van der Waals surface area contributed by atoms with E-state index in [1.54, 1.807) is 0 Å². The van der Waals surface area contributed by atoms with Crippen molar-refractivity contribution in [2.75, 3.05) is 4.90 Å². The molecule has 0 fully saturated rings. The summed E-state index contributed by atoms with van der Waals surface area (Å²) in [6, 6.07) is 68.0. The summed E-state index contributed by atoms with van der Waals surface area (Å²) in [5.41, 5.74) is 13.5. The minimum atomic E-state index is 0.653. The van der Waals surface area contributed by atoms with Gasteiger partial charge in [-0.25, -0.2) is 0 Å². The van der Waals surface area contributed by atoms with Crippen LogP contribution in [0.5, 0.6) is 0 Å². The van der Waals surface area contributed by atoms with E-state index in [1.165, 1.54) is 27.4 Å². The Morgan fingerprint density at radius 2 is 0.962 bits per heavy atom. The lowest BCUT2D eigenvalue weighted by molar-refractivity contribution is 0.669. The molecule has 4 heteroatoms. The zero-order chi connectivity index (χ0) is 35.3. The first-order valence-electron chi connectivity index (χ1n) is 17.7. The Bertz CT molecular complexity index is 2980. The van der Waals surface area contributed by atoms with Crippen LogP contribution >= 0.6 is 0 Å². The monoisotopic (exact) mass is 677 g/mol. The van der Waals surface area contributed by atoms with E-state index < -0.39 is 0 Å². The van der Waals surface area contributed by atoms with Crippen LogP contribution in [0.15, 0.2) is 192 Å². The molecule has 2 aromatic heterocycles. The number of furan rings is 1. The van der Waals surface area contributed by atoms with E-state index >= 15 is 0 Å². The standard InChI is InChI=1S/C49H31N3O/c50-32-33-14-16-34(17-15-33)35-18-23-39(24-19-35)51(41-27-28-44-43-11-5-7-13-48(43)53-49(44)31-41)40-25-20-36(21-26-40)37-22-29-47-45(30-37)42-10-4-6-12-46(42)52(47)38-8-2-1-3-9-38/h1-31H. The predicted molar refractivity (Wildman–Crippen MR) is 218 cm³/mol. The number of nitrogens with zero attached hydrogens (tertiary/aromatic N) is 3. The quantitative estimate of drug-likeness (QED) is 0.176. The number of anilines is 3. The van der Waals surface area contributed by atoms with Gasteiger partial charge in [-0.05, 0) is 107 Å². The van der Waals surface area contributed by atoms with Gasteiger partial charge < -0.3 is 13.9 Å². The van der Waals surface area contributed by atoms with Crippen molar-refractivity contribution in [1.29, 1.82) is 5.26 Å². The highest BCUT2D eigenvalue weighted by Gasteiger charge is 2.17. The summed E-state index contributed by atoms with van der Waals surface area (Å²) < 4.78 is 8.68. The SMILES string of the molecule is N#Cc1ccc(-c2ccc(N(c3ccc(-c4ccc5c(c4)c4ccccc4n5-c4ccccc4)cc3)c3ccc4c(c3)oc3ccccc34)cc2)cc1. The van der Waals surface area contributed by atoms with Gasteiger partial charge in [0.2, 0.25) is 0 Å². The Balaban J connectivity index is 1.06. The third-order valence-electron chi connectivity index (χ3n) is 10.2. The van der Waals surface area contributed by atoms with Crippen molar-refractivity contribution in [2.24, 2.45) is 0 Å². The normalized spacial score (nSPS) is 11.4. The lowest BCUT2D eigenvalue weighted by atomic mass is 10.0. The molecule has 248 valence electrons. The first kappa shape index (κ1) is 30.5. The van der Waals surface area contributed by atoms with Crippen LogP contribution in [0.2, 0.25) is 0 Å². The number of aromatic nitrogens is 1. The Labute approximate surface area is 306 Å². The van der Waals surface area contributed by atoms with E-state index in [0.29, 0.717) is 5.56 Å². The predicted octanol–water partition coefficient (Wildman–Crippen LogP) is 13.4. The summed E-state index contributed by atoms with van der Waals surface area (Å²) in [5.74, 6) is 0. The van der Waals surface area contributed by atoms with Crippen molar-refractivity contribution < 1.29 is 4.42 Å². The maximum Gasteiger partial charge on any atom is 0.137 e. The summed E-state index contributed by atoms with van der Waals surface area (Å²) in [6.45, 7) is 0. The highest BCUT2D eigenvalue weighted by atomic mass is 16.3. The lowest BCUT2D eigenvalue weighted by Crippen LogP contribution is -2.09. The molecule has 53 heavy (non-hydrogen) atoms. The smallest absolute Gasteiger partial charge is 0.137 e. The lowest BCUT2D eigenvalue weighted by Gasteiger charge is -2.26. The topological polar surface area (TPSA) is 45.1 Å². The fraction of sp³-hybridized carbons (Fsp3) is 0. The molecule has 0 amide bonds. The van der Waals surface area contributed by atoms with Crippen LogP contribution in [-0.4, -0.2) is 4.57 Å². The molecule has 0 saturated carbocycles. The average molecular weight is 678 g/mol. The van der Waals surface area contributed by atoms with Crippen molar-refractivity contribution in [3.63, 3.8) is 0 Å². The second kappa shape index (κ2) is 12.5. The van der Waals surface area contributed by atoms with Gasteiger partial charge in [0.25, 0.3) is 0 Å². The number of fused-ring (bicyclic) bond motifs is 6. The molecule has 0 radical (unpaired) electrons. The van der Waals surface area contributed by atoms with Gasteiger partial charge in [-0.2, -0.15) is 5.26 Å². The first-order chi connectivity index (χ1) is 26.2. The van der Waals surface area contributed by atoms with Crippen LogP contribution in [-0.2, 0) is 0 Å². The number of nitriles is 1. The minimum absolute atomic E-state index is 0.653. The summed E-state index contributed by atoms with van der Waals surface area (Å²) in [7, 11) is 0. The third kappa shape index (κ3) is 5.23. The van der Waals surface area contributed by atoms with Gasteiger partial charge in [0.1, 0.15) is 11.2 Å². The van der Waals surface area contributed by atoms with Crippen LogP contribution in [0.1, 0.15) is 5.56 Å². The summed E-state index contributed by atoms with van der Waals surface area (Å²) in [4.78, 5) is 2.27. The second-order valence-electron chi connectivity index (χ2n) is 13.3. The van der Waals surface area contributed by atoms with Gasteiger partial charge in [-0.15, -0.1) is 0 Å². The Hall–Kier alpha value is -7.35. The van der Waals surface area contributed by atoms with Gasteiger partial charge in [0.15, 0.2) is 0 Å². The van der Waals surface area contributed by atoms with Gasteiger partial charge in [0.05, 0.1) is 22.7 Å². The molecule has 0 aliphatic rings. The maximum atomic E-state index is 9.26. The van der Waals surface area contributed by atoms with E-state index in [-0.39, 0.29) is 0 Å². The number of hydrogen-bond donors (Lipinski definition) is 0. The molecule has 0 saturated heterocycles. The third-order valence-corrected chi connectivity index (χ3v) is 10.2. The molecule has 0 atom stereocenters. The molecule has 0 aliphatic heterocycles. The van der Waals surface area contributed by atoms with Crippen LogP contribution in [0.3, 0.4) is 0 Å². The van der Waals surface area contributed by atoms with Crippen molar-refractivity contribution in [3.8, 4) is 34.0 Å². The van der Waals surface area contributed by atoms with Gasteiger partial charge in [-0.1, -0.05) is 97.1 Å². The van der Waals surface area contributed by atoms with Crippen molar-refractivity contribution in [1.82, 2.24) is 4.57 Å². The van der Waals surface area contributed by atoms with Gasteiger partial charge >= 0.3 is 0 Å². The molecule has 10 aromatic rings. The van der Waals surface area contributed by atoms with E-state index in [2.05, 4.69) is 161 Å². The zero-order valence-electron chi connectivity index (χ0n) is 28.6. The van der Waals surface area contributed by atoms with Gasteiger partial charge in [0, 0.05) is 50.4 Å². The molecular formula is C49H31N3O. The Kier molecular flexibility index (Phi) is 7.16. The number of rotatable bonds is 6. The van der Waals surface area contributed by atoms with Crippen molar-refractivity contribution in [3.05, 3.63) is 194 Å².